The van der Waals surface area contributed by atoms with Crippen molar-refractivity contribution >= 4 is 0 Å². The molecule has 0 unspecified atom stereocenters. The SMILES string of the molecule is [CH2]CCCCCC/C=C/C/C=C/C/C=C/CCCCC. The van der Waals surface area contributed by atoms with E-state index < -0.39 is 0 Å². The van der Waals surface area contributed by atoms with Crippen LogP contribution in [0.1, 0.15) is 84.0 Å². The molecule has 115 valence electrons. The molecule has 0 aromatic rings. The number of hydrogen-bond donors (Lipinski definition) is 0. The van der Waals surface area contributed by atoms with Gasteiger partial charge < -0.3 is 0 Å². The van der Waals surface area contributed by atoms with Gasteiger partial charge in [-0.15, -0.1) is 0 Å². The van der Waals surface area contributed by atoms with Crippen LogP contribution in [0.3, 0.4) is 0 Å². The van der Waals surface area contributed by atoms with Crippen LogP contribution in [0.2, 0.25) is 0 Å². The van der Waals surface area contributed by atoms with Gasteiger partial charge in [-0.05, 0) is 38.5 Å². The molecule has 0 aliphatic carbocycles. The number of hydrogen-bond acceptors (Lipinski definition) is 0. The Balaban J connectivity index is 3.25. The summed E-state index contributed by atoms with van der Waals surface area (Å²) in [4.78, 5) is 0. The zero-order valence-electron chi connectivity index (χ0n) is 13.7. The molecule has 1 radical (unpaired) electrons. The van der Waals surface area contributed by atoms with Gasteiger partial charge in [-0.2, -0.15) is 0 Å². The molecule has 0 aromatic carbocycles. The maximum Gasteiger partial charge on any atom is -0.0169 e. The van der Waals surface area contributed by atoms with Gasteiger partial charge in [0.25, 0.3) is 0 Å². The molecule has 0 heterocycles. The summed E-state index contributed by atoms with van der Waals surface area (Å²) in [6, 6.07) is 0. The van der Waals surface area contributed by atoms with Gasteiger partial charge in [-0.25, -0.2) is 0 Å². The highest BCUT2D eigenvalue weighted by Crippen LogP contribution is 2.05. The Morgan fingerprint density at radius 1 is 0.600 bits per heavy atom. The molecule has 0 N–H and O–H groups in total. The van der Waals surface area contributed by atoms with Crippen molar-refractivity contribution in [1.82, 2.24) is 0 Å². The summed E-state index contributed by atoms with van der Waals surface area (Å²) in [5, 5.41) is 0. The molecule has 0 aliphatic rings. The lowest BCUT2D eigenvalue weighted by molar-refractivity contribution is 0.651. The number of rotatable bonds is 14. The van der Waals surface area contributed by atoms with Crippen molar-refractivity contribution < 1.29 is 0 Å². The minimum absolute atomic E-state index is 1.09. The van der Waals surface area contributed by atoms with Crippen LogP contribution >= 0.6 is 0 Å². The average molecular weight is 276 g/mol. The van der Waals surface area contributed by atoms with E-state index in [4.69, 9.17) is 0 Å². The maximum absolute atomic E-state index is 3.87. The van der Waals surface area contributed by atoms with E-state index in [9.17, 15) is 0 Å². The van der Waals surface area contributed by atoms with Crippen molar-refractivity contribution in [2.45, 2.75) is 84.0 Å². The van der Waals surface area contributed by atoms with Gasteiger partial charge in [0.05, 0.1) is 0 Å². The summed E-state index contributed by atoms with van der Waals surface area (Å²) in [7, 11) is 0. The number of unbranched alkanes of at least 4 members (excludes halogenated alkanes) is 8. The van der Waals surface area contributed by atoms with Crippen LogP contribution < -0.4 is 0 Å². The molecule has 0 saturated heterocycles. The van der Waals surface area contributed by atoms with E-state index in [-0.39, 0.29) is 0 Å². The summed E-state index contributed by atoms with van der Waals surface area (Å²) >= 11 is 0. The van der Waals surface area contributed by atoms with Crippen LogP contribution in [0.15, 0.2) is 36.5 Å². The Morgan fingerprint density at radius 2 is 1.10 bits per heavy atom. The van der Waals surface area contributed by atoms with Gasteiger partial charge in [-0.3, -0.25) is 0 Å². The standard InChI is InChI=1S/C20H35/c1-3-5-7-9-11-13-15-17-19-20-18-16-14-12-10-8-6-4-2/h12,14-15,17-18,20H,1,3-11,13,16,19H2,2H3/b14-12+,17-15+,20-18+. The van der Waals surface area contributed by atoms with Crippen molar-refractivity contribution in [1.29, 1.82) is 0 Å². The second-order valence-electron chi connectivity index (χ2n) is 5.44. The molecular formula is C20H35. The number of allylic oxidation sites excluding steroid dienone is 6. The summed E-state index contributed by atoms with van der Waals surface area (Å²) in [6.45, 7) is 6.12. The fourth-order valence-electron chi connectivity index (χ4n) is 2.08. The monoisotopic (exact) mass is 275 g/mol. The first-order valence-electron chi connectivity index (χ1n) is 8.66. The highest BCUT2D eigenvalue weighted by atomic mass is 13.9. The largest absolute Gasteiger partial charge is 0.0882 e. The van der Waals surface area contributed by atoms with E-state index in [1.807, 2.05) is 0 Å². The van der Waals surface area contributed by atoms with E-state index in [1.165, 1.54) is 57.8 Å². The molecule has 0 spiro atoms. The van der Waals surface area contributed by atoms with E-state index in [1.54, 1.807) is 0 Å². The third-order valence-electron chi connectivity index (χ3n) is 3.39. The molecule has 0 rings (SSSR count). The summed E-state index contributed by atoms with van der Waals surface area (Å²) in [5.74, 6) is 0. The normalized spacial score (nSPS) is 12.3. The lowest BCUT2D eigenvalue weighted by Gasteiger charge is -1.95. The van der Waals surface area contributed by atoms with Gasteiger partial charge in [0.15, 0.2) is 0 Å². The lowest BCUT2D eigenvalue weighted by atomic mass is 10.1. The quantitative estimate of drug-likeness (QED) is 0.232. The minimum atomic E-state index is 1.09. The molecule has 0 fully saturated rings. The predicted molar refractivity (Wildman–Crippen MR) is 93.9 cm³/mol. The molecular weight excluding hydrogens is 240 g/mol. The first kappa shape index (κ1) is 19.2. The van der Waals surface area contributed by atoms with Gasteiger partial charge in [0.1, 0.15) is 0 Å². The molecule has 0 bridgehead atoms. The highest BCUT2D eigenvalue weighted by molar-refractivity contribution is 4.97. The van der Waals surface area contributed by atoms with Crippen molar-refractivity contribution in [3.05, 3.63) is 43.4 Å². The second-order valence-corrected chi connectivity index (χ2v) is 5.44. The van der Waals surface area contributed by atoms with Crippen LogP contribution in [0.25, 0.3) is 0 Å². The van der Waals surface area contributed by atoms with Crippen molar-refractivity contribution in [3.8, 4) is 0 Å². The van der Waals surface area contributed by atoms with Crippen LogP contribution in [-0.2, 0) is 0 Å². The fraction of sp³-hybridized carbons (Fsp3) is 0.650. The van der Waals surface area contributed by atoms with Crippen molar-refractivity contribution in [2.75, 3.05) is 0 Å². The van der Waals surface area contributed by atoms with Crippen LogP contribution in [0.4, 0.5) is 0 Å². The lowest BCUT2D eigenvalue weighted by Crippen LogP contribution is -1.75. The first-order valence-corrected chi connectivity index (χ1v) is 8.66. The molecule has 20 heavy (non-hydrogen) atoms. The summed E-state index contributed by atoms with van der Waals surface area (Å²) in [6.07, 6.45) is 28.9. The summed E-state index contributed by atoms with van der Waals surface area (Å²) in [5.41, 5.74) is 0. The third-order valence-corrected chi connectivity index (χ3v) is 3.39. The Hall–Kier alpha value is -0.780. The van der Waals surface area contributed by atoms with E-state index in [2.05, 4.69) is 50.3 Å². The van der Waals surface area contributed by atoms with Gasteiger partial charge in [0.2, 0.25) is 0 Å². The van der Waals surface area contributed by atoms with E-state index in [0.29, 0.717) is 0 Å². The van der Waals surface area contributed by atoms with Crippen LogP contribution in [0.5, 0.6) is 0 Å². The van der Waals surface area contributed by atoms with Crippen molar-refractivity contribution in [3.63, 3.8) is 0 Å². The Bertz CT molecular complexity index is 245. The Morgan fingerprint density at radius 3 is 1.65 bits per heavy atom. The predicted octanol–water partition coefficient (Wildman–Crippen LogP) is 7.19. The maximum atomic E-state index is 3.87. The topological polar surface area (TPSA) is 0 Å². The zero-order chi connectivity index (χ0) is 14.7. The average Bonchev–Trinajstić information content (AvgIpc) is 2.47. The third kappa shape index (κ3) is 17.2. The molecule has 0 saturated carbocycles. The zero-order valence-corrected chi connectivity index (χ0v) is 13.7. The molecule has 0 aliphatic heterocycles. The van der Waals surface area contributed by atoms with E-state index in [0.717, 1.165) is 19.3 Å². The van der Waals surface area contributed by atoms with Gasteiger partial charge in [-0.1, -0.05) is 88.8 Å². The smallest absolute Gasteiger partial charge is 0.0169 e. The van der Waals surface area contributed by atoms with Gasteiger partial charge in [0, 0.05) is 0 Å². The van der Waals surface area contributed by atoms with Gasteiger partial charge >= 0.3 is 0 Å². The fourth-order valence-corrected chi connectivity index (χ4v) is 2.08. The van der Waals surface area contributed by atoms with Crippen molar-refractivity contribution in [2.24, 2.45) is 0 Å². The first-order chi connectivity index (χ1) is 9.91. The second kappa shape index (κ2) is 18.2. The van der Waals surface area contributed by atoms with Crippen LogP contribution in [-0.4, -0.2) is 0 Å². The Kier molecular flexibility index (Phi) is 17.5. The van der Waals surface area contributed by atoms with E-state index >= 15 is 0 Å². The molecule has 0 nitrogen and oxygen atoms in total. The molecule has 0 amide bonds. The highest BCUT2D eigenvalue weighted by Gasteiger charge is 1.86. The Labute approximate surface area is 128 Å². The molecule has 0 atom stereocenters. The summed E-state index contributed by atoms with van der Waals surface area (Å²) < 4.78 is 0. The minimum Gasteiger partial charge on any atom is -0.0882 e. The molecule has 0 heteroatoms. The molecule has 0 aromatic heterocycles. The van der Waals surface area contributed by atoms with Crippen LogP contribution in [0, 0.1) is 6.92 Å².